The van der Waals surface area contributed by atoms with Gasteiger partial charge in [0.15, 0.2) is 11.5 Å². The first-order chi connectivity index (χ1) is 10.3. The molecule has 116 valence electrons. The maximum Gasteiger partial charge on any atom is 0.161 e. The Hall–Kier alpha value is -1.22. The van der Waals surface area contributed by atoms with Crippen molar-refractivity contribution in [2.45, 2.75) is 69.4 Å². The van der Waals surface area contributed by atoms with Crippen LogP contribution in [-0.4, -0.2) is 19.3 Å². The SMILES string of the molecule is COc1ccc([C@@H]2CCCC[C@@H]2N)cc1OC1CCCC1. The Morgan fingerprint density at radius 1 is 0.952 bits per heavy atom. The molecular weight excluding hydrogens is 262 g/mol. The van der Waals surface area contributed by atoms with Crippen LogP contribution < -0.4 is 15.2 Å². The lowest BCUT2D eigenvalue weighted by Gasteiger charge is -2.29. The summed E-state index contributed by atoms with van der Waals surface area (Å²) in [6.07, 6.45) is 10.1. The molecule has 0 aliphatic heterocycles. The molecule has 3 rings (SSSR count). The first-order valence-corrected chi connectivity index (χ1v) is 8.38. The second-order valence-corrected chi connectivity index (χ2v) is 6.49. The molecule has 2 fully saturated rings. The van der Waals surface area contributed by atoms with Gasteiger partial charge in [-0.15, -0.1) is 0 Å². The molecule has 3 heteroatoms. The summed E-state index contributed by atoms with van der Waals surface area (Å²) in [5.74, 6) is 2.21. The molecule has 2 N–H and O–H groups in total. The maximum atomic E-state index is 6.32. The van der Waals surface area contributed by atoms with Gasteiger partial charge in [0.1, 0.15) is 0 Å². The molecule has 0 bridgehead atoms. The van der Waals surface area contributed by atoms with Gasteiger partial charge in [-0.2, -0.15) is 0 Å². The maximum absolute atomic E-state index is 6.32. The van der Waals surface area contributed by atoms with Crippen molar-refractivity contribution in [3.05, 3.63) is 23.8 Å². The number of hydrogen-bond acceptors (Lipinski definition) is 3. The topological polar surface area (TPSA) is 44.5 Å². The predicted molar refractivity (Wildman–Crippen MR) is 85.1 cm³/mol. The Morgan fingerprint density at radius 2 is 1.67 bits per heavy atom. The molecule has 0 aromatic heterocycles. The van der Waals surface area contributed by atoms with Gasteiger partial charge in [0.2, 0.25) is 0 Å². The minimum Gasteiger partial charge on any atom is -0.493 e. The number of benzene rings is 1. The highest BCUT2D eigenvalue weighted by Gasteiger charge is 2.25. The fourth-order valence-corrected chi connectivity index (χ4v) is 3.78. The van der Waals surface area contributed by atoms with Crippen molar-refractivity contribution in [2.75, 3.05) is 7.11 Å². The highest BCUT2D eigenvalue weighted by atomic mass is 16.5. The van der Waals surface area contributed by atoms with E-state index < -0.39 is 0 Å². The van der Waals surface area contributed by atoms with Gasteiger partial charge >= 0.3 is 0 Å². The Morgan fingerprint density at radius 3 is 2.38 bits per heavy atom. The van der Waals surface area contributed by atoms with Crippen molar-refractivity contribution in [3.63, 3.8) is 0 Å². The number of hydrogen-bond donors (Lipinski definition) is 1. The van der Waals surface area contributed by atoms with E-state index in [-0.39, 0.29) is 6.04 Å². The molecule has 1 aromatic carbocycles. The summed E-state index contributed by atoms with van der Waals surface area (Å²) >= 11 is 0. The molecule has 1 aromatic rings. The molecule has 2 atom stereocenters. The molecule has 0 amide bonds. The van der Waals surface area contributed by atoms with Gasteiger partial charge in [-0.05, 0) is 62.1 Å². The third kappa shape index (κ3) is 3.34. The fourth-order valence-electron chi connectivity index (χ4n) is 3.78. The van der Waals surface area contributed by atoms with Crippen molar-refractivity contribution in [2.24, 2.45) is 5.73 Å². The second-order valence-electron chi connectivity index (χ2n) is 6.49. The first kappa shape index (κ1) is 14.7. The van der Waals surface area contributed by atoms with Crippen LogP contribution in [0.5, 0.6) is 11.5 Å². The zero-order valence-electron chi connectivity index (χ0n) is 13.0. The van der Waals surface area contributed by atoms with E-state index in [1.807, 2.05) is 6.07 Å². The number of methoxy groups -OCH3 is 1. The van der Waals surface area contributed by atoms with Crippen LogP contribution in [0.2, 0.25) is 0 Å². The van der Waals surface area contributed by atoms with Crippen LogP contribution in [0.15, 0.2) is 18.2 Å². The smallest absolute Gasteiger partial charge is 0.161 e. The highest BCUT2D eigenvalue weighted by molar-refractivity contribution is 5.44. The minimum atomic E-state index is 0.284. The molecule has 0 heterocycles. The Kier molecular flexibility index (Phi) is 4.69. The van der Waals surface area contributed by atoms with Crippen molar-refractivity contribution < 1.29 is 9.47 Å². The molecule has 2 saturated carbocycles. The molecule has 3 nitrogen and oxygen atoms in total. The molecule has 0 spiro atoms. The predicted octanol–water partition coefficient (Wildman–Crippen LogP) is 4.00. The van der Waals surface area contributed by atoms with E-state index in [0.29, 0.717) is 12.0 Å². The standard InChI is InChI=1S/C18H27NO2/c1-20-17-11-10-13(15-8-4-5-9-16(15)19)12-18(17)21-14-6-2-3-7-14/h10-12,14-16H,2-9,19H2,1H3/t15-,16-/m0/s1. The zero-order chi connectivity index (χ0) is 14.7. The summed E-state index contributed by atoms with van der Waals surface area (Å²) in [5, 5.41) is 0. The third-order valence-electron chi connectivity index (χ3n) is 5.03. The minimum absolute atomic E-state index is 0.284. The second kappa shape index (κ2) is 6.69. The highest BCUT2D eigenvalue weighted by Crippen LogP contribution is 2.38. The summed E-state index contributed by atoms with van der Waals surface area (Å²) in [4.78, 5) is 0. The third-order valence-corrected chi connectivity index (χ3v) is 5.03. The molecule has 0 saturated heterocycles. The van der Waals surface area contributed by atoms with Crippen LogP contribution in [0.3, 0.4) is 0 Å². The van der Waals surface area contributed by atoms with Gasteiger partial charge < -0.3 is 15.2 Å². The first-order valence-electron chi connectivity index (χ1n) is 8.38. The van der Waals surface area contributed by atoms with Crippen LogP contribution in [0.1, 0.15) is 62.8 Å². The van der Waals surface area contributed by atoms with Gasteiger partial charge in [-0.25, -0.2) is 0 Å². The lowest BCUT2D eigenvalue weighted by atomic mass is 9.80. The van der Waals surface area contributed by atoms with E-state index in [9.17, 15) is 0 Å². The van der Waals surface area contributed by atoms with E-state index in [1.54, 1.807) is 7.11 Å². The monoisotopic (exact) mass is 289 g/mol. The van der Waals surface area contributed by atoms with Crippen LogP contribution in [0.25, 0.3) is 0 Å². The summed E-state index contributed by atoms with van der Waals surface area (Å²) in [6.45, 7) is 0. The van der Waals surface area contributed by atoms with Gasteiger partial charge in [0.05, 0.1) is 13.2 Å². The lowest BCUT2D eigenvalue weighted by molar-refractivity contribution is 0.200. The van der Waals surface area contributed by atoms with E-state index >= 15 is 0 Å². The summed E-state index contributed by atoms with van der Waals surface area (Å²) in [5.41, 5.74) is 7.64. The zero-order valence-corrected chi connectivity index (χ0v) is 13.0. The fraction of sp³-hybridized carbons (Fsp3) is 0.667. The Balaban J connectivity index is 1.81. The normalized spacial score (nSPS) is 26.8. The number of ether oxygens (including phenoxy) is 2. The average Bonchev–Trinajstić information content (AvgIpc) is 3.01. The van der Waals surface area contributed by atoms with Crippen molar-refractivity contribution in [1.82, 2.24) is 0 Å². The van der Waals surface area contributed by atoms with Gasteiger partial charge in [0, 0.05) is 6.04 Å². The van der Waals surface area contributed by atoms with Gasteiger partial charge in [0.25, 0.3) is 0 Å². The summed E-state index contributed by atoms with van der Waals surface area (Å²) in [6, 6.07) is 6.66. The van der Waals surface area contributed by atoms with Crippen LogP contribution >= 0.6 is 0 Å². The van der Waals surface area contributed by atoms with Gasteiger partial charge in [-0.1, -0.05) is 18.9 Å². The van der Waals surface area contributed by atoms with E-state index in [2.05, 4.69) is 12.1 Å². The van der Waals surface area contributed by atoms with Crippen molar-refractivity contribution in [3.8, 4) is 11.5 Å². The Labute approximate surface area is 127 Å². The van der Waals surface area contributed by atoms with Crippen LogP contribution in [0.4, 0.5) is 0 Å². The molecule has 0 radical (unpaired) electrons. The lowest BCUT2D eigenvalue weighted by Crippen LogP contribution is -2.31. The molecule has 2 aliphatic carbocycles. The summed E-state index contributed by atoms with van der Waals surface area (Å²) in [7, 11) is 1.71. The van der Waals surface area contributed by atoms with E-state index in [0.717, 1.165) is 30.8 Å². The largest absolute Gasteiger partial charge is 0.493 e. The van der Waals surface area contributed by atoms with Crippen molar-refractivity contribution >= 4 is 0 Å². The molecule has 0 unspecified atom stereocenters. The molecule has 21 heavy (non-hydrogen) atoms. The molecular formula is C18H27NO2. The van der Waals surface area contributed by atoms with Gasteiger partial charge in [-0.3, -0.25) is 0 Å². The quantitative estimate of drug-likeness (QED) is 0.911. The van der Waals surface area contributed by atoms with E-state index in [1.165, 1.54) is 37.7 Å². The number of rotatable bonds is 4. The molecule has 2 aliphatic rings. The number of nitrogens with two attached hydrogens (primary N) is 1. The van der Waals surface area contributed by atoms with E-state index in [4.69, 9.17) is 15.2 Å². The van der Waals surface area contributed by atoms with Crippen LogP contribution in [-0.2, 0) is 0 Å². The Bertz CT molecular complexity index is 468. The van der Waals surface area contributed by atoms with Crippen LogP contribution in [0, 0.1) is 0 Å². The summed E-state index contributed by atoms with van der Waals surface area (Å²) < 4.78 is 11.7. The van der Waals surface area contributed by atoms with Crippen molar-refractivity contribution in [1.29, 1.82) is 0 Å². The average molecular weight is 289 g/mol.